The number of aliphatic imine (C=N–C) groups is 2. The zero-order valence-corrected chi connectivity index (χ0v) is 25.0. The lowest BCUT2D eigenvalue weighted by Crippen LogP contribution is -2.28. The molecule has 0 radical (unpaired) electrons. The van der Waals surface area contributed by atoms with Crippen LogP contribution in [0.1, 0.15) is 31.9 Å². The van der Waals surface area contributed by atoms with Gasteiger partial charge in [-0.05, 0) is 67.9 Å². The number of carbonyl (C=O) groups is 1. The Morgan fingerprint density at radius 1 is 1.05 bits per heavy atom. The predicted octanol–water partition coefficient (Wildman–Crippen LogP) is 7.44. The zero-order chi connectivity index (χ0) is 30.1. The number of anilines is 2. The topological polar surface area (TPSA) is 109 Å². The largest absolute Gasteiger partial charge is 0.392 e. The van der Waals surface area contributed by atoms with E-state index in [0.29, 0.717) is 12.2 Å². The molecule has 4 aromatic rings. The number of para-hydroxylation sites is 2. The first-order chi connectivity index (χ1) is 20.3. The van der Waals surface area contributed by atoms with Crippen LogP contribution in [0.2, 0.25) is 0 Å². The highest BCUT2D eigenvalue weighted by molar-refractivity contribution is 8.00. The van der Waals surface area contributed by atoms with Crippen molar-refractivity contribution in [2.45, 2.75) is 32.2 Å². The molecule has 4 N–H and O–H groups in total. The van der Waals surface area contributed by atoms with Gasteiger partial charge in [-0.25, -0.2) is 4.99 Å². The summed E-state index contributed by atoms with van der Waals surface area (Å²) < 4.78 is 3.45. The smallest absolute Gasteiger partial charge is 0.224 e. The average molecular weight is 578 g/mol. The van der Waals surface area contributed by atoms with Crippen molar-refractivity contribution < 1.29 is 4.79 Å². The number of fused-ring (bicyclic) bond motifs is 1. The maximum atomic E-state index is 13.0. The van der Waals surface area contributed by atoms with E-state index < -0.39 is 0 Å². The van der Waals surface area contributed by atoms with Gasteiger partial charge in [0.25, 0.3) is 0 Å². The van der Waals surface area contributed by atoms with E-state index in [-0.39, 0.29) is 11.7 Å². The van der Waals surface area contributed by atoms with Gasteiger partial charge in [0.2, 0.25) is 5.91 Å². The van der Waals surface area contributed by atoms with Crippen LogP contribution in [0, 0.1) is 5.41 Å². The number of hydrogen-bond donors (Lipinski definition) is 4. The molecule has 0 saturated heterocycles. The van der Waals surface area contributed by atoms with Crippen molar-refractivity contribution in [2.75, 3.05) is 16.7 Å². The van der Waals surface area contributed by atoms with Crippen LogP contribution < -0.4 is 14.9 Å². The molecule has 0 aliphatic carbocycles. The van der Waals surface area contributed by atoms with Crippen LogP contribution in [-0.2, 0) is 11.3 Å². The van der Waals surface area contributed by atoms with Crippen molar-refractivity contribution in [1.82, 2.24) is 10.3 Å². The number of aromatic amines is 1. The molecule has 1 heterocycles. The fourth-order valence-electron chi connectivity index (χ4n) is 4.42. The van der Waals surface area contributed by atoms with Gasteiger partial charge in [-0.15, -0.1) is 0 Å². The summed E-state index contributed by atoms with van der Waals surface area (Å²) in [6.45, 7) is 9.51. The van der Waals surface area contributed by atoms with E-state index in [1.807, 2.05) is 92.8 Å². The number of nitrogens with one attached hydrogen (secondary N) is 4. The first-order valence-corrected chi connectivity index (χ1v) is 14.2. The number of allylic oxidation sites excluding steroid dienone is 2. The molecule has 42 heavy (non-hydrogen) atoms. The van der Waals surface area contributed by atoms with Gasteiger partial charge < -0.3 is 19.9 Å². The molecular weight excluding hydrogens is 542 g/mol. The number of H-pyrrole nitrogens is 1. The zero-order valence-electron chi connectivity index (χ0n) is 24.2. The lowest BCUT2D eigenvalue weighted by molar-refractivity contribution is -0.116. The van der Waals surface area contributed by atoms with Crippen LogP contribution in [0.3, 0.4) is 0 Å². The molecule has 8 nitrogen and oxygen atoms in total. The first kappa shape index (κ1) is 30.1. The van der Waals surface area contributed by atoms with E-state index in [0.717, 1.165) is 49.6 Å². The molecule has 0 bridgehead atoms. The van der Waals surface area contributed by atoms with Crippen LogP contribution >= 0.6 is 11.9 Å². The standard InChI is InChI=1S/C33H35N7OS/c1-22(19-37-31(34)18-23(2)35-4)32(36-5)28-20-38-33-27(28)15-11-17-30(33)40(24(3)41)21-25-12-9-10-16-29(25)39-42-26-13-7-6-8-14-26/h6-20,34-35,38-39H,5,21H2,1-4H3/b23-18-,32-22-,34-31?,37-19?. The van der Waals surface area contributed by atoms with Gasteiger partial charge in [0.1, 0.15) is 5.84 Å². The van der Waals surface area contributed by atoms with E-state index >= 15 is 0 Å². The summed E-state index contributed by atoms with van der Waals surface area (Å²) in [7, 11) is 1.80. The highest BCUT2D eigenvalue weighted by atomic mass is 32.2. The summed E-state index contributed by atoms with van der Waals surface area (Å²) >= 11 is 1.53. The molecule has 0 aliphatic rings. The van der Waals surface area contributed by atoms with Gasteiger partial charge in [0.15, 0.2) is 0 Å². The van der Waals surface area contributed by atoms with E-state index in [9.17, 15) is 4.79 Å². The molecule has 1 amide bonds. The van der Waals surface area contributed by atoms with E-state index in [4.69, 9.17) is 5.41 Å². The Hall–Kier alpha value is -4.89. The monoisotopic (exact) mass is 577 g/mol. The number of carbonyl (C=O) groups excluding carboxylic acids is 1. The second-order valence-electron chi connectivity index (χ2n) is 9.59. The molecule has 0 spiro atoms. The van der Waals surface area contributed by atoms with Crippen molar-refractivity contribution in [2.24, 2.45) is 9.98 Å². The molecule has 0 aliphatic heterocycles. The third kappa shape index (κ3) is 7.24. The highest BCUT2D eigenvalue weighted by Crippen LogP contribution is 2.35. The van der Waals surface area contributed by atoms with Crippen LogP contribution in [0.5, 0.6) is 0 Å². The Morgan fingerprint density at radius 3 is 2.50 bits per heavy atom. The predicted molar refractivity (Wildman–Crippen MR) is 179 cm³/mol. The fraction of sp³-hybridized carbons (Fsp3) is 0.152. The maximum absolute atomic E-state index is 13.0. The molecule has 4 rings (SSSR count). The number of rotatable bonds is 11. The third-order valence-electron chi connectivity index (χ3n) is 6.66. The Labute approximate surface area is 251 Å². The van der Waals surface area contributed by atoms with Crippen LogP contribution in [0.15, 0.2) is 111 Å². The minimum atomic E-state index is -0.0754. The Morgan fingerprint density at radius 2 is 1.79 bits per heavy atom. The van der Waals surface area contributed by atoms with E-state index in [1.54, 1.807) is 31.2 Å². The van der Waals surface area contributed by atoms with Crippen molar-refractivity contribution in [3.8, 4) is 0 Å². The molecule has 1 aromatic heterocycles. The number of amides is 1. The number of nitrogens with zero attached hydrogens (tertiary/aromatic N) is 3. The third-order valence-corrected chi connectivity index (χ3v) is 7.49. The normalized spacial score (nSPS) is 12.2. The van der Waals surface area contributed by atoms with Crippen LogP contribution in [0.25, 0.3) is 16.6 Å². The molecule has 9 heteroatoms. The molecular formula is C33H35N7OS. The van der Waals surface area contributed by atoms with Crippen molar-refractivity contribution in [3.63, 3.8) is 0 Å². The van der Waals surface area contributed by atoms with Crippen molar-refractivity contribution in [3.05, 3.63) is 107 Å². The van der Waals surface area contributed by atoms with Gasteiger partial charge in [-0.1, -0.05) is 48.5 Å². The van der Waals surface area contributed by atoms with Gasteiger partial charge >= 0.3 is 0 Å². The summed E-state index contributed by atoms with van der Waals surface area (Å²) in [6.07, 6.45) is 5.14. The maximum Gasteiger partial charge on any atom is 0.224 e. The van der Waals surface area contributed by atoms with Crippen LogP contribution in [0.4, 0.5) is 11.4 Å². The molecule has 214 valence electrons. The van der Waals surface area contributed by atoms with Gasteiger partial charge in [0, 0.05) is 59.7 Å². The Kier molecular flexibility index (Phi) is 10.1. The average Bonchev–Trinajstić information content (AvgIpc) is 3.43. The van der Waals surface area contributed by atoms with Crippen molar-refractivity contribution in [1.29, 1.82) is 5.41 Å². The Bertz CT molecular complexity index is 1690. The second kappa shape index (κ2) is 14.1. The molecule has 0 unspecified atom stereocenters. The number of aromatic nitrogens is 1. The summed E-state index contributed by atoms with van der Waals surface area (Å²) in [5, 5.41) is 12.0. The molecule has 3 aromatic carbocycles. The summed E-state index contributed by atoms with van der Waals surface area (Å²) in [4.78, 5) is 27.8. The fourth-order valence-corrected chi connectivity index (χ4v) is 5.14. The number of hydrogen-bond acceptors (Lipinski definition) is 6. The minimum absolute atomic E-state index is 0.0754. The van der Waals surface area contributed by atoms with E-state index in [1.165, 1.54) is 11.9 Å². The minimum Gasteiger partial charge on any atom is -0.392 e. The molecule has 0 fully saturated rings. The van der Waals surface area contributed by atoms with E-state index in [2.05, 4.69) is 31.7 Å². The van der Waals surface area contributed by atoms with Crippen molar-refractivity contribution >= 4 is 64.6 Å². The first-order valence-electron chi connectivity index (χ1n) is 13.4. The second-order valence-corrected chi connectivity index (χ2v) is 10.5. The van der Waals surface area contributed by atoms with Gasteiger partial charge in [-0.2, -0.15) is 0 Å². The number of benzene rings is 3. The van der Waals surface area contributed by atoms with Crippen LogP contribution in [-0.4, -0.2) is 36.7 Å². The lowest BCUT2D eigenvalue weighted by Gasteiger charge is -2.24. The quantitative estimate of drug-likeness (QED) is 0.0844. The summed E-state index contributed by atoms with van der Waals surface area (Å²) in [6, 6.07) is 24.0. The molecule has 0 saturated carbocycles. The molecule has 0 atom stereocenters. The van der Waals surface area contributed by atoms with Gasteiger partial charge in [0.05, 0.1) is 23.4 Å². The van der Waals surface area contributed by atoms with Gasteiger partial charge in [-0.3, -0.25) is 15.2 Å². The lowest BCUT2D eigenvalue weighted by atomic mass is 10.1. The summed E-state index contributed by atoms with van der Waals surface area (Å²) in [5.74, 6) is 0.0494. The summed E-state index contributed by atoms with van der Waals surface area (Å²) in [5.41, 5.74) is 6.60. The Balaban J connectivity index is 1.66. The highest BCUT2D eigenvalue weighted by Gasteiger charge is 2.20. The SMILES string of the molecule is C=N/C(=C(/C)C=NC(=N)/C=C(/C)NC)c1c[nH]c2c(N(Cc3ccccc3NSc3ccccc3)C(C)=O)cccc12. The number of amidine groups is 1.